The van der Waals surface area contributed by atoms with Crippen LogP contribution in [-0.4, -0.2) is 24.1 Å². The minimum atomic E-state index is 0.118. The number of rotatable bonds is 5. The summed E-state index contributed by atoms with van der Waals surface area (Å²) in [5.74, 6) is 0.851. The molecule has 1 saturated heterocycles. The fourth-order valence-corrected chi connectivity index (χ4v) is 4.07. The summed E-state index contributed by atoms with van der Waals surface area (Å²) in [5.41, 5.74) is 1.39. The quantitative estimate of drug-likeness (QED) is 0.884. The molecule has 2 heterocycles. The van der Waals surface area contributed by atoms with Crippen LogP contribution in [0.1, 0.15) is 65.0 Å². The molecular weight excluding hydrogens is 278 g/mol. The molecular formula is C17H31N3S. The summed E-state index contributed by atoms with van der Waals surface area (Å²) < 4.78 is 0. The summed E-state index contributed by atoms with van der Waals surface area (Å²) >= 11 is 1.89. The molecule has 0 saturated carbocycles. The molecule has 1 aromatic rings. The number of nitrogens with one attached hydrogen (secondary N) is 1. The van der Waals surface area contributed by atoms with Gasteiger partial charge < -0.3 is 10.2 Å². The van der Waals surface area contributed by atoms with Crippen LogP contribution in [-0.2, 0) is 12.0 Å². The van der Waals surface area contributed by atoms with Crippen molar-refractivity contribution in [3.8, 4) is 0 Å². The number of hydrogen-bond acceptors (Lipinski definition) is 4. The Hall–Kier alpha value is -0.610. The molecule has 1 fully saturated rings. The Morgan fingerprint density at radius 1 is 1.38 bits per heavy atom. The predicted molar refractivity (Wildman–Crippen MR) is 93.4 cm³/mol. The van der Waals surface area contributed by atoms with E-state index in [-0.39, 0.29) is 5.41 Å². The van der Waals surface area contributed by atoms with Crippen molar-refractivity contribution in [2.24, 2.45) is 5.92 Å². The van der Waals surface area contributed by atoms with Crippen LogP contribution in [0.3, 0.4) is 0 Å². The highest BCUT2D eigenvalue weighted by molar-refractivity contribution is 7.15. The molecule has 0 radical (unpaired) electrons. The summed E-state index contributed by atoms with van der Waals surface area (Å²) in [6, 6.07) is 0.514. The zero-order valence-corrected chi connectivity index (χ0v) is 15.3. The molecule has 0 bridgehead atoms. The van der Waals surface area contributed by atoms with Gasteiger partial charge in [-0.05, 0) is 12.3 Å². The third kappa shape index (κ3) is 4.19. The zero-order valence-electron chi connectivity index (χ0n) is 14.5. The van der Waals surface area contributed by atoms with Gasteiger partial charge in [0.2, 0.25) is 0 Å². The van der Waals surface area contributed by atoms with E-state index < -0.39 is 0 Å². The first kappa shape index (κ1) is 16.8. The summed E-state index contributed by atoms with van der Waals surface area (Å²) in [6.45, 7) is 16.8. The number of thiazole rings is 1. The van der Waals surface area contributed by atoms with Crippen LogP contribution in [0.5, 0.6) is 0 Å². The lowest BCUT2D eigenvalue weighted by atomic mass is 9.91. The van der Waals surface area contributed by atoms with Crippen molar-refractivity contribution < 1.29 is 0 Å². The van der Waals surface area contributed by atoms with Crippen LogP contribution in [0.4, 0.5) is 5.13 Å². The fourth-order valence-electron chi connectivity index (χ4n) is 2.82. The molecule has 1 aliphatic heterocycles. The summed E-state index contributed by atoms with van der Waals surface area (Å²) in [6.07, 6.45) is 2.61. The van der Waals surface area contributed by atoms with Gasteiger partial charge >= 0.3 is 0 Å². The minimum Gasteiger partial charge on any atom is -0.348 e. The fraction of sp³-hybridized carbons (Fsp3) is 0.824. The molecule has 0 aromatic carbocycles. The van der Waals surface area contributed by atoms with E-state index in [1.54, 1.807) is 0 Å². The standard InChI is InChI=1S/C17H31N3S/c1-7-13-8-9-20(11-13)16-19-15(17(4,5)6)14(21-16)10-18-12(2)3/h12-13,18H,7-11H2,1-6H3. The molecule has 4 heteroatoms. The summed E-state index contributed by atoms with van der Waals surface area (Å²) in [5, 5.41) is 4.78. The van der Waals surface area contributed by atoms with Crippen LogP contribution in [0.2, 0.25) is 0 Å². The van der Waals surface area contributed by atoms with Crippen molar-refractivity contribution >= 4 is 16.5 Å². The predicted octanol–water partition coefficient (Wildman–Crippen LogP) is 4.17. The molecule has 21 heavy (non-hydrogen) atoms. The van der Waals surface area contributed by atoms with Gasteiger partial charge in [-0.25, -0.2) is 4.98 Å². The molecule has 120 valence electrons. The van der Waals surface area contributed by atoms with Gasteiger partial charge in [-0.15, -0.1) is 11.3 Å². The molecule has 1 aliphatic rings. The number of aromatic nitrogens is 1. The Morgan fingerprint density at radius 3 is 2.62 bits per heavy atom. The van der Waals surface area contributed by atoms with Crippen molar-refractivity contribution in [3.63, 3.8) is 0 Å². The SMILES string of the molecule is CCC1CCN(c2nc(C(C)(C)C)c(CNC(C)C)s2)C1. The number of hydrogen-bond donors (Lipinski definition) is 1. The van der Waals surface area contributed by atoms with Crippen molar-refractivity contribution in [3.05, 3.63) is 10.6 Å². The lowest BCUT2D eigenvalue weighted by molar-refractivity contribution is 0.545. The van der Waals surface area contributed by atoms with Crippen molar-refractivity contribution in [1.82, 2.24) is 10.3 Å². The second-order valence-corrected chi connectivity index (χ2v) is 8.62. The molecule has 1 atom stereocenters. The van der Waals surface area contributed by atoms with Gasteiger partial charge in [0.15, 0.2) is 5.13 Å². The Kier molecular flexibility index (Phi) is 5.31. The van der Waals surface area contributed by atoms with Gasteiger partial charge in [0.1, 0.15) is 0 Å². The highest BCUT2D eigenvalue weighted by Gasteiger charge is 2.28. The first-order valence-electron chi connectivity index (χ1n) is 8.29. The number of nitrogens with zero attached hydrogens (tertiary/aromatic N) is 2. The smallest absolute Gasteiger partial charge is 0.185 e. The van der Waals surface area contributed by atoms with E-state index >= 15 is 0 Å². The molecule has 1 N–H and O–H groups in total. The molecule has 0 aliphatic carbocycles. The molecule has 0 spiro atoms. The Balaban J connectivity index is 2.20. The third-order valence-electron chi connectivity index (χ3n) is 4.20. The Labute approximate surface area is 134 Å². The molecule has 1 aromatic heterocycles. The maximum absolute atomic E-state index is 5.01. The topological polar surface area (TPSA) is 28.2 Å². The van der Waals surface area contributed by atoms with Gasteiger partial charge in [0.05, 0.1) is 5.69 Å². The molecule has 0 amide bonds. The van der Waals surface area contributed by atoms with E-state index in [1.807, 2.05) is 11.3 Å². The largest absolute Gasteiger partial charge is 0.348 e. The van der Waals surface area contributed by atoms with Crippen LogP contribution >= 0.6 is 11.3 Å². The van der Waals surface area contributed by atoms with Gasteiger partial charge in [-0.2, -0.15) is 0 Å². The Morgan fingerprint density at radius 2 is 2.10 bits per heavy atom. The maximum Gasteiger partial charge on any atom is 0.185 e. The normalized spacial score (nSPS) is 19.8. The average Bonchev–Trinajstić information content (AvgIpc) is 3.01. The van der Waals surface area contributed by atoms with Gasteiger partial charge in [-0.3, -0.25) is 0 Å². The Bertz CT molecular complexity index is 459. The maximum atomic E-state index is 5.01. The van der Waals surface area contributed by atoms with Crippen molar-refractivity contribution in [2.45, 2.75) is 72.4 Å². The van der Waals surface area contributed by atoms with Crippen LogP contribution in [0.15, 0.2) is 0 Å². The molecule has 1 unspecified atom stereocenters. The molecule has 3 nitrogen and oxygen atoms in total. The third-order valence-corrected chi connectivity index (χ3v) is 5.32. The summed E-state index contributed by atoms with van der Waals surface area (Å²) in [4.78, 5) is 8.92. The van der Waals surface area contributed by atoms with E-state index in [0.717, 1.165) is 12.5 Å². The van der Waals surface area contributed by atoms with Crippen molar-refractivity contribution in [1.29, 1.82) is 0 Å². The van der Waals surface area contributed by atoms with E-state index in [1.165, 1.54) is 41.6 Å². The lowest BCUT2D eigenvalue weighted by Gasteiger charge is -2.18. The second kappa shape index (κ2) is 6.66. The van der Waals surface area contributed by atoms with Gasteiger partial charge in [0, 0.05) is 36.0 Å². The van der Waals surface area contributed by atoms with Gasteiger partial charge in [0.25, 0.3) is 0 Å². The van der Waals surface area contributed by atoms with Crippen LogP contribution in [0, 0.1) is 5.92 Å². The zero-order chi connectivity index (χ0) is 15.6. The van der Waals surface area contributed by atoms with E-state index in [9.17, 15) is 0 Å². The summed E-state index contributed by atoms with van der Waals surface area (Å²) in [7, 11) is 0. The van der Waals surface area contributed by atoms with Crippen LogP contribution in [0.25, 0.3) is 0 Å². The first-order chi connectivity index (χ1) is 9.81. The van der Waals surface area contributed by atoms with Gasteiger partial charge in [-0.1, -0.05) is 48.0 Å². The lowest BCUT2D eigenvalue weighted by Crippen LogP contribution is -2.24. The van der Waals surface area contributed by atoms with E-state index in [4.69, 9.17) is 4.98 Å². The average molecular weight is 310 g/mol. The molecule has 2 rings (SSSR count). The first-order valence-corrected chi connectivity index (χ1v) is 9.11. The number of anilines is 1. The van der Waals surface area contributed by atoms with Crippen LogP contribution < -0.4 is 10.2 Å². The van der Waals surface area contributed by atoms with E-state index in [0.29, 0.717) is 6.04 Å². The monoisotopic (exact) mass is 309 g/mol. The minimum absolute atomic E-state index is 0.118. The highest BCUT2D eigenvalue weighted by Crippen LogP contribution is 2.36. The van der Waals surface area contributed by atoms with E-state index in [2.05, 4.69) is 51.8 Å². The second-order valence-electron chi connectivity index (χ2n) is 7.56. The highest BCUT2D eigenvalue weighted by atomic mass is 32.1. The van der Waals surface area contributed by atoms with Crippen molar-refractivity contribution in [2.75, 3.05) is 18.0 Å².